The molecule has 1 atom stereocenters. The fourth-order valence-corrected chi connectivity index (χ4v) is 2.17. The quantitative estimate of drug-likeness (QED) is 0.696. The summed E-state index contributed by atoms with van der Waals surface area (Å²) in [7, 11) is 0. The highest BCUT2D eigenvalue weighted by Gasteiger charge is 2.48. The van der Waals surface area contributed by atoms with Crippen LogP contribution in [0.3, 0.4) is 0 Å². The summed E-state index contributed by atoms with van der Waals surface area (Å²) in [6, 6.07) is 0. The first-order valence-corrected chi connectivity index (χ1v) is 5.24. The molecule has 2 aliphatic rings. The van der Waals surface area contributed by atoms with Crippen molar-refractivity contribution in [2.45, 2.75) is 50.4 Å². The minimum Gasteiger partial charge on any atom is -0.481 e. The molecule has 84 valence electrons. The van der Waals surface area contributed by atoms with Crippen LogP contribution in [0.5, 0.6) is 0 Å². The lowest BCUT2D eigenvalue weighted by Crippen LogP contribution is -2.33. The maximum absolute atomic E-state index is 11.4. The average Bonchev–Trinajstić information content (AvgIpc) is 2.43. The van der Waals surface area contributed by atoms with Crippen molar-refractivity contribution in [1.29, 1.82) is 0 Å². The second-order valence-corrected chi connectivity index (χ2v) is 4.10. The zero-order valence-corrected chi connectivity index (χ0v) is 8.40. The Morgan fingerprint density at radius 3 is 2.67 bits per heavy atom. The minimum absolute atomic E-state index is 0.305. The van der Waals surface area contributed by atoms with Crippen molar-refractivity contribution in [3.8, 4) is 0 Å². The van der Waals surface area contributed by atoms with Crippen LogP contribution in [-0.2, 0) is 19.1 Å². The maximum Gasteiger partial charge on any atom is 0.338 e. The fraction of sp³-hybridized carbons (Fsp3) is 0.800. The molecule has 1 aliphatic heterocycles. The third kappa shape index (κ3) is 2.12. The molecule has 0 bridgehead atoms. The van der Waals surface area contributed by atoms with Gasteiger partial charge in [0.25, 0.3) is 0 Å². The Morgan fingerprint density at radius 2 is 2.07 bits per heavy atom. The summed E-state index contributed by atoms with van der Waals surface area (Å²) in [4.78, 5) is 21.9. The van der Waals surface area contributed by atoms with Crippen LogP contribution >= 0.6 is 0 Å². The van der Waals surface area contributed by atoms with Gasteiger partial charge in [0.2, 0.25) is 5.79 Å². The van der Waals surface area contributed by atoms with E-state index in [2.05, 4.69) is 0 Å². The standard InChI is InChI=1S/C10H14O5/c11-8(12)6-7-9(13)15-10(14-7)4-2-1-3-5-10/h7H,1-6H2,(H,11,12)/t7-/m1/s1. The van der Waals surface area contributed by atoms with E-state index in [9.17, 15) is 9.59 Å². The van der Waals surface area contributed by atoms with Crippen LogP contribution in [0.4, 0.5) is 0 Å². The summed E-state index contributed by atoms with van der Waals surface area (Å²) in [5.74, 6) is -2.38. The third-order valence-corrected chi connectivity index (χ3v) is 2.88. The van der Waals surface area contributed by atoms with E-state index in [1.165, 1.54) is 0 Å². The van der Waals surface area contributed by atoms with Gasteiger partial charge < -0.3 is 14.6 Å². The van der Waals surface area contributed by atoms with E-state index in [1.54, 1.807) is 0 Å². The number of rotatable bonds is 2. The Hall–Kier alpha value is -1.10. The highest BCUT2D eigenvalue weighted by atomic mass is 16.8. The van der Waals surface area contributed by atoms with Gasteiger partial charge in [0.05, 0.1) is 6.42 Å². The number of carbonyl (C=O) groups is 2. The molecule has 1 aliphatic carbocycles. The molecule has 0 unspecified atom stereocenters. The number of carboxylic acids is 1. The van der Waals surface area contributed by atoms with Gasteiger partial charge in [-0.15, -0.1) is 0 Å². The van der Waals surface area contributed by atoms with E-state index >= 15 is 0 Å². The summed E-state index contributed by atoms with van der Waals surface area (Å²) in [6.45, 7) is 0. The molecule has 5 heteroatoms. The second-order valence-electron chi connectivity index (χ2n) is 4.10. The molecule has 0 amide bonds. The second kappa shape index (κ2) is 3.81. The summed E-state index contributed by atoms with van der Waals surface area (Å²) < 4.78 is 10.6. The highest BCUT2D eigenvalue weighted by molar-refractivity contribution is 5.82. The largest absolute Gasteiger partial charge is 0.481 e. The number of aliphatic carboxylic acids is 1. The number of hydrogen-bond donors (Lipinski definition) is 1. The average molecular weight is 214 g/mol. The molecule has 15 heavy (non-hydrogen) atoms. The monoisotopic (exact) mass is 214 g/mol. The molecule has 1 N–H and O–H groups in total. The molecule has 0 aromatic carbocycles. The van der Waals surface area contributed by atoms with E-state index in [0.29, 0.717) is 12.8 Å². The van der Waals surface area contributed by atoms with Crippen molar-refractivity contribution < 1.29 is 24.2 Å². The van der Waals surface area contributed by atoms with E-state index < -0.39 is 23.8 Å². The Morgan fingerprint density at radius 1 is 1.40 bits per heavy atom. The van der Waals surface area contributed by atoms with Crippen molar-refractivity contribution in [2.75, 3.05) is 0 Å². The van der Waals surface area contributed by atoms with Crippen molar-refractivity contribution in [3.05, 3.63) is 0 Å². The van der Waals surface area contributed by atoms with Gasteiger partial charge in [0.1, 0.15) is 0 Å². The molecule has 0 aromatic rings. The normalized spacial score (nSPS) is 29.1. The number of carbonyl (C=O) groups excluding carboxylic acids is 1. The summed E-state index contributed by atoms with van der Waals surface area (Å²) in [5.41, 5.74) is 0. The molecule has 5 nitrogen and oxygen atoms in total. The van der Waals surface area contributed by atoms with E-state index in [1.807, 2.05) is 0 Å². The lowest BCUT2D eigenvalue weighted by atomic mass is 9.94. The Bertz CT molecular complexity index is 280. The van der Waals surface area contributed by atoms with Gasteiger partial charge in [-0.05, 0) is 12.8 Å². The third-order valence-electron chi connectivity index (χ3n) is 2.88. The number of carboxylic acid groups (broad SMARTS) is 1. The fourth-order valence-electron chi connectivity index (χ4n) is 2.17. The first-order chi connectivity index (χ1) is 7.11. The minimum atomic E-state index is -1.04. The van der Waals surface area contributed by atoms with Crippen LogP contribution in [0, 0.1) is 0 Å². The summed E-state index contributed by atoms with van der Waals surface area (Å²) >= 11 is 0. The number of hydrogen-bond acceptors (Lipinski definition) is 4. The van der Waals surface area contributed by atoms with Gasteiger partial charge in [-0.2, -0.15) is 0 Å². The predicted molar refractivity (Wildman–Crippen MR) is 49.0 cm³/mol. The molecule has 2 fully saturated rings. The van der Waals surface area contributed by atoms with Gasteiger partial charge in [-0.1, -0.05) is 6.42 Å². The van der Waals surface area contributed by atoms with Crippen LogP contribution in [0.1, 0.15) is 38.5 Å². The smallest absolute Gasteiger partial charge is 0.338 e. The van der Waals surface area contributed by atoms with E-state index in [4.69, 9.17) is 14.6 Å². The molecule has 1 spiro atoms. The lowest BCUT2D eigenvalue weighted by molar-refractivity contribution is -0.192. The molecule has 1 saturated heterocycles. The molecule has 0 aromatic heterocycles. The molecular formula is C10H14O5. The van der Waals surface area contributed by atoms with Gasteiger partial charge in [-0.25, -0.2) is 4.79 Å². The van der Waals surface area contributed by atoms with Crippen molar-refractivity contribution in [3.63, 3.8) is 0 Å². The van der Waals surface area contributed by atoms with Crippen molar-refractivity contribution in [1.82, 2.24) is 0 Å². The van der Waals surface area contributed by atoms with Gasteiger partial charge in [0.15, 0.2) is 6.10 Å². The van der Waals surface area contributed by atoms with Crippen LogP contribution in [0.15, 0.2) is 0 Å². The Kier molecular flexibility index (Phi) is 2.65. The SMILES string of the molecule is O=C(O)C[C@H]1OC2(CCCCC2)OC1=O. The maximum atomic E-state index is 11.4. The molecular weight excluding hydrogens is 200 g/mol. The zero-order chi connectivity index (χ0) is 10.9. The predicted octanol–water partition coefficient (Wildman–Crippen LogP) is 1.06. The van der Waals surface area contributed by atoms with Crippen LogP contribution in [0.2, 0.25) is 0 Å². The van der Waals surface area contributed by atoms with Crippen LogP contribution in [0.25, 0.3) is 0 Å². The van der Waals surface area contributed by atoms with E-state index in [0.717, 1.165) is 19.3 Å². The summed E-state index contributed by atoms with van der Waals surface area (Å²) in [5, 5.41) is 8.59. The number of esters is 1. The lowest BCUT2D eigenvalue weighted by Gasteiger charge is -2.30. The van der Waals surface area contributed by atoms with Gasteiger partial charge in [0, 0.05) is 12.8 Å². The van der Waals surface area contributed by atoms with Crippen LogP contribution in [-0.4, -0.2) is 28.9 Å². The molecule has 2 rings (SSSR count). The highest BCUT2D eigenvalue weighted by Crippen LogP contribution is 2.38. The topological polar surface area (TPSA) is 72.8 Å². The summed E-state index contributed by atoms with van der Waals surface area (Å²) in [6.07, 6.45) is 3.21. The van der Waals surface area contributed by atoms with Gasteiger partial charge in [-0.3, -0.25) is 4.79 Å². The van der Waals surface area contributed by atoms with Crippen molar-refractivity contribution >= 4 is 11.9 Å². The van der Waals surface area contributed by atoms with Crippen molar-refractivity contribution in [2.24, 2.45) is 0 Å². The first kappa shape index (κ1) is 10.4. The molecule has 0 radical (unpaired) electrons. The van der Waals surface area contributed by atoms with Crippen LogP contribution < -0.4 is 0 Å². The molecule has 1 saturated carbocycles. The van der Waals surface area contributed by atoms with E-state index in [-0.39, 0.29) is 6.42 Å². The molecule has 1 heterocycles. The number of ether oxygens (including phenoxy) is 2. The Labute approximate surface area is 87.4 Å². The first-order valence-electron chi connectivity index (χ1n) is 5.24. The van der Waals surface area contributed by atoms with Gasteiger partial charge >= 0.3 is 11.9 Å². The Balaban J connectivity index is 2.01. The zero-order valence-electron chi connectivity index (χ0n) is 8.40.